The molecule has 3 aromatic rings. The van der Waals surface area contributed by atoms with E-state index in [4.69, 9.17) is 14.5 Å². The molecule has 202 valence electrons. The molecule has 0 saturated carbocycles. The van der Waals surface area contributed by atoms with Crippen molar-refractivity contribution in [2.45, 2.75) is 37.7 Å². The Morgan fingerprint density at radius 1 is 1.15 bits per heavy atom. The molecule has 6 heterocycles. The lowest BCUT2D eigenvalue weighted by atomic mass is 9.91. The number of ether oxygens (including phenoxy) is 2. The monoisotopic (exact) mass is 525 g/mol. The first-order valence-corrected chi connectivity index (χ1v) is 14.1. The SMILES string of the molecule is CC1CN(c2ccc(C#N)c3ncccc23)CC(CN2CC3(C2)CN(c2cnc4c(c2)CCNC4)CCO3)O1. The van der Waals surface area contributed by atoms with Crippen LogP contribution in [0.3, 0.4) is 0 Å². The van der Waals surface area contributed by atoms with Gasteiger partial charge in [0.25, 0.3) is 0 Å². The summed E-state index contributed by atoms with van der Waals surface area (Å²) in [6.45, 7) is 11.0. The predicted octanol–water partition coefficient (Wildman–Crippen LogP) is 2.33. The maximum atomic E-state index is 9.54. The highest BCUT2D eigenvalue weighted by atomic mass is 16.5. The zero-order valence-corrected chi connectivity index (χ0v) is 22.5. The molecule has 3 saturated heterocycles. The van der Waals surface area contributed by atoms with E-state index in [0.29, 0.717) is 5.56 Å². The summed E-state index contributed by atoms with van der Waals surface area (Å²) in [5, 5.41) is 14.0. The van der Waals surface area contributed by atoms with Crippen molar-refractivity contribution in [3.63, 3.8) is 0 Å². The minimum Gasteiger partial charge on any atom is -0.370 e. The molecule has 9 nitrogen and oxygen atoms in total. The van der Waals surface area contributed by atoms with Gasteiger partial charge in [0.2, 0.25) is 0 Å². The first-order valence-electron chi connectivity index (χ1n) is 14.1. The fourth-order valence-corrected chi connectivity index (χ4v) is 6.81. The molecule has 7 rings (SSSR count). The maximum Gasteiger partial charge on any atom is 0.111 e. The fourth-order valence-electron chi connectivity index (χ4n) is 6.81. The summed E-state index contributed by atoms with van der Waals surface area (Å²) in [4.78, 5) is 16.6. The minimum atomic E-state index is -0.120. The quantitative estimate of drug-likeness (QED) is 0.551. The van der Waals surface area contributed by atoms with Crippen LogP contribution in [0, 0.1) is 11.3 Å². The summed E-state index contributed by atoms with van der Waals surface area (Å²) in [6.07, 6.45) is 5.06. The molecule has 0 radical (unpaired) electrons. The number of anilines is 2. The summed E-state index contributed by atoms with van der Waals surface area (Å²) in [5.41, 5.74) is 6.17. The molecule has 1 spiro atoms. The van der Waals surface area contributed by atoms with E-state index >= 15 is 0 Å². The zero-order chi connectivity index (χ0) is 26.4. The van der Waals surface area contributed by atoms with Crippen molar-refractivity contribution >= 4 is 22.3 Å². The molecule has 0 amide bonds. The van der Waals surface area contributed by atoms with Gasteiger partial charge in [-0.05, 0) is 55.8 Å². The number of rotatable bonds is 4. The van der Waals surface area contributed by atoms with Crippen LogP contribution in [0.2, 0.25) is 0 Å². The van der Waals surface area contributed by atoms with Gasteiger partial charge in [-0.25, -0.2) is 0 Å². The van der Waals surface area contributed by atoms with Gasteiger partial charge < -0.3 is 24.6 Å². The van der Waals surface area contributed by atoms with Crippen LogP contribution in [0.25, 0.3) is 10.9 Å². The third kappa shape index (κ3) is 4.72. The fraction of sp³-hybridized carbons (Fsp3) is 0.500. The lowest BCUT2D eigenvalue weighted by molar-refractivity contribution is -0.161. The van der Waals surface area contributed by atoms with Crippen LogP contribution in [0.15, 0.2) is 42.7 Å². The van der Waals surface area contributed by atoms with Crippen LogP contribution in [-0.4, -0.2) is 91.6 Å². The van der Waals surface area contributed by atoms with E-state index in [1.165, 1.54) is 16.9 Å². The molecule has 0 bridgehead atoms. The molecule has 2 unspecified atom stereocenters. The smallest absolute Gasteiger partial charge is 0.111 e. The Hall–Kier alpha value is -3.29. The van der Waals surface area contributed by atoms with E-state index in [0.717, 1.165) is 88.5 Å². The molecular weight excluding hydrogens is 490 g/mol. The summed E-state index contributed by atoms with van der Waals surface area (Å²) < 4.78 is 12.8. The van der Waals surface area contributed by atoms with Crippen molar-refractivity contribution in [2.75, 3.05) is 68.8 Å². The number of aromatic nitrogens is 2. The predicted molar refractivity (Wildman–Crippen MR) is 150 cm³/mol. The van der Waals surface area contributed by atoms with Gasteiger partial charge in [-0.1, -0.05) is 0 Å². The molecule has 1 aromatic carbocycles. The Kier molecular flexibility index (Phi) is 6.36. The molecule has 0 aliphatic carbocycles. The van der Waals surface area contributed by atoms with Gasteiger partial charge >= 0.3 is 0 Å². The molecule has 4 aliphatic heterocycles. The maximum absolute atomic E-state index is 9.54. The number of nitriles is 1. The molecular formula is C30H35N7O2. The number of hydrogen-bond acceptors (Lipinski definition) is 9. The van der Waals surface area contributed by atoms with E-state index in [2.05, 4.69) is 56.2 Å². The van der Waals surface area contributed by atoms with E-state index in [-0.39, 0.29) is 17.8 Å². The second-order valence-corrected chi connectivity index (χ2v) is 11.5. The van der Waals surface area contributed by atoms with Crippen LogP contribution >= 0.6 is 0 Å². The minimum absolute atomic E-state index is 0.103. The standard InChI is InChI=1S/C30H35N7O2/c1-21-15-37(28-5-4-23(12-31)29-26(28)3-2-7-33-29)17-25(39-21)16-35-18-30(19-35)20-36(9-10-38-30)24-11-22-6-8-32-14-27(22)34-13-24/h2-5,7,11,13,21,25,32H,6,8-10,14-20H2,1H3. The molecule has 1 N–H and O–H groups in total. The van der Waals surface area contributed by atoms with Crippen LogP contribution in [0.1, 0.15) is 23.7 Å². The first-order chi connectivity index (χ1) is 19.1. The molecule has 2 atom stereocenters. The number of nitrogens with one attached hydrogen (secondary N) is 1. The van der Waals surface area contributed by atoms with Crippen LogP contribution in [-0.2, 0) is 22.4 Å². The average Bonchev–Trinajstić information content (AvgIpc) is 2.95. The van der Waals surface area contributed by atoms with Crippen molar-refractivity contribution < 1.29 is 9.47 Å². The molecule has 3 fully saturated rings. The van der Waals surface area contributed by atoms with Crippen molar-refractivity contribution in [3.8, 4) is 6.07 Å². The number of fused-ring (bicyclic) bond motifs is 2. The van der Waals surface area contributed by atoms with Crippen LogP contribution in [0.5, 0.6) is 0 Å². The second kappa shape index (κ2) is 10.0. The number of likely N-dealkylation sites (tertiary alicyclic amines) is 1. The number of morpholine rings is 2. The van der Waals surface area contributed by atoms with E-state index in [1.807, 2.05) is 18.3 Å². The highest BCUT2D eigenvalue weighted by Gasteiger charge is 2.48. The van der Waals surface area contributed by atoms with Gasteiger partial charge in [-0.15, -0.1) is 0 Å². The molecule has 9 heteroatoms. The topological polar surface area (TPSA) is 89.8 Å². The Bertz CT molecular complexity index is 1420. The Morgan fingerprint density at radius 3 is 2.97 bits per heavy atom. The Balaban J connectivity index is 1.01. The molecule has 4 aliphatic rings. The van der Waals surface area contributed by atoms with Gasteiger partial charge in [-0.2, -0.15) is 5.26 Å². The normalized spacial score (nSPS) is 24.8. The van der Waals surface area contributed by atoms with Gasteiger partial charge in [-0.3, -0.25) is 14.9 Å². The Morgan fingerprint density at radius 2 is 2.08 bits per heavy atom. The summed E-state index contributed by atoms with van der Waals surface area (Å²) in [6, 6.07) is 12.6. The van der Waals surface area contributed by atoms with E-state index in [1.54, 1.807) is 6.20 Å². The van der Waals surface area contributed by atoms with E-state index in [9.17, 15) is 5.26 Å². The van der Waals surface area contributed by atoms with Crippen molar-refractivity contribution in [3.05, 3.63) is 59.5 Å². The second-order valence-electron chi connectivity index (χ2n) is 11.5. The van der Waals surface area contributed by atoms with Gasteiger partial charge in [0.05, 0.1) is 47.5 Å². The van der Waals surface area contributed by atoms with Gasteiger partial charge in [0.15, 0.2) is 0 Å². The largest absolute Gasteiger partial charge is 0.370 e. The summed E-state index contributed by atoms with van der Waals surface area (Å²) >= 11 is 0. The van der Waals surface area contributed by atoms with Crippen LogP contribution < -0.4 is 15.1 Å². The number of nitrogens with zero attached hydrogens (tertiary/aromatic N) is 6. The summed E-state index contributed by atoms with van der Waals surface area (Å²) in [5.74, 6) is 0. The van der Waals surface area contributed by atoms with Gasteiger partial charge in [0.1, 0.15) is 11.7 Å². The molecule has 39 heavy (non-hydrogen) atoms. The zero-order valence-electron chi connectivity index (χ0n) is 22.5. The third-order valence-electron chi connectivity index (χ3n) is 8.54. The molecule has 2 aromatic heterocycles. The first kappa shape index (κ1) is 24.7. The van der Waals surface area contributed by atoms with Crippen molar-refractivity contribution in [2.24, 2.45) is 0 Å². The van der Waals surface area contributed by atoms with Gasteiger partial charge in [0, 0.05) is 69.6 Å². The van der Waals surface area contributed by atoms with Crippen LogP contribution in [0.4, 0.5) is 11.4 Å². The average molecular weight is 526 g/mol. The van der Waals surface area contributed by atoms with Crippen molar-refractivity contribution in [1.82, 2.24) is 20.2 Å². The number of benzene rings is 1. The van der Waals surface area contributed by atoms with Crippen molar-refractivity contribution in [1.29, 1.82) is 5.26 Å². The lowest BCUT2D eigenvalue weighted by Crippen LogP contribution is -2.71. The van der Waals surface area contributed by atoms with E-state index < -0.39 is 0 Å². The highest BCUT2D eigenvalue weighted by molar-refractivity contribution is 5.95. The number of hydrogen-bond donors (Lipinski definition) is 1. The third-order valence-corrected chi connectivity index (χ3v) is 8.54. The summed E-state index contributed by atoms with van der Waals surface area (Å²) in [7, 11) is 0. The lowest BCUT2D eigenvalue weighted by Gasteiger charge is -2.55. The number of pyridine rings is 2. The Labute approximate surface area is 229 Å². The highest BCUT2D eigenvalue weighted by Crippen LogP contribution is 2.34.